The zero-order valence-corrected chi connectivity index (χ0v) is 11.6. The van der Waals surface area contributed by atoms with E-state index in [9.17, 15) is 0 Å². The standard InChI is InChI=1S/C16H25N/c1-5-17-14-9-10-16(4,11-14)15-8-6-7-12(2)13(15)3/h6-8,14,17H,5,9-11H2,1-4H3. The van der Waals surface area contributed by atoms with Crippen LogP contribution in [0.15, 0.2) is 18.2 Å². The Morgan fingerprint density at radius 1 is 1.35 bits per heavy atom. The lowest BCUT2D eigenvalue weighted by Crippen LogP contribution is -2.29. The molecule has 0 radical (unpaired) electrons. The third-order valence-electron chi connectivity index (χ3n) is 4.49. The monoisotopic (exact) mass is 231 g/mol. The largest absolute Gasteiger partial charge is 0.314 e. The fourth-order valence-electron chi connectivity index (χ4n) is 3.35. The van der Waals surface area contributed by atoms with Crippen LogP contribution in [-0.2, 0) is 5.41 Å². The summed E-state index contributed by atoms with van der Waals surface area (Å²) in [7, 11) is 0. The second-order valence-electron chi connectivity index (χ2n) is 5.81. The number of hydrogen-bond acceptors (Lipinski definition) is 1. The van der Waals surface area contributed by atoms with Crippen molar-refractivity contribution in [2.75, 3.05) is 6.54 Å². The molecule has 1 N–H and O–H groups in total. The van der Waals surface area contributed by atoms with Crippen LogP contribution >= 0.6 is 0 Å². The van der Waals surface area contributed by atoms with Gasteiger partial charge in [-0.2, -0.15) is 0 Å². The Morgan fingerprint density at radius 2 is 2.12 bits per heavy atom. The van der Waals surface area contributed by atoms with E-state index in [4.69, 9.17) is 0 Å². The van der Waals surface area contributed by atoms with Crippen LogP contribution in [0.1, 0.15) is 49.8 Å². The van der Waals surface area contributed by atoms with Gasteiger partial charge >= 0.3 is 0 Å². The maximum absolute atomic E-state index is 3.60. The first-order valence-corrected chi connectivity index (χ1v) is 6.87. The molecule has 1 aliphatic rings. The predicted octanol–water partition coefficient (Wildman–Crippen LogP) is 3.72. The van der Waals surface area contributed by atoms with E-state index in [2.05, 4.69) is 51.2 Å². The lowest BCUT2D eigenvalue weighted by Gasteiger charge is -2.28. The van der Waals surface area contributed by atoms with E-state index < -0.39 is 0 Å². The Kier molecular flexibility index (Phi) is 3.58. The van der Waals surface area contributed by atoms with Crippen molar-refractivity contribution in [3.05, 3.63) is 34.9 Å². The third-order valence-corrected chi connectivity index (χ3v) is 4.49. The van der Waals surface area contributed by atoms with Crippen LogP contribution in [-0.4, -0.2) is 12.6 Å². The molecule has 17 heavy (non-hydrogen) atoms. The Hall–Kier alpha value is -0.820. The number of benzene rings is 1. The van der Waals surface area contributed by atoms with Crippen LogP contribution in [0, 0.1) is 13.8 Å². The van der Waals surface area contributed by atoms with E-state index in [0.717, 1.165) is 6.54 Å². The summed E-state index contributed by atoms with van der Waals surface area (Å²) < 4.78 is 0. The quantitative estimate of drug-likeness (QED) is 0.836. The molecule has 0 aromatic heterocycles. The second kappa shape index (κ2) is 4.81. The van der Waals surface area contributed by atoms with Gasteiger partial charge < -0.3 is 5.32 Å². The normalized spacial score (nSPS) is 28.6. The van der Waals surface area contributed by atoms with Crippen LogP contribution in [0.3, 0.4) is 0 Å². The molecule has 1 aliphatic carbocycles. The molecule has 0 bridgehead atoms. The average Bonchev–Trinajstić information content (AvgIpc) is 2.66. The van der Waals surface area contributed by atoms with Gasteiger partial charge in [0.25, 0.3) is 0 Å². The summed E-state index contributed by atoms with van der Waals surface area (Å²) in [6, 6.07) is 7.48. The number of nitrogens with one attached hydrogen (secondary N) is 1. The van der Waals surface area contributed by atoms with Crippen LogP contribution in [0.4, 0.5) is 0 Å². The molecule has 1 aromatic carbocycles. The molecule has 0 amide bonds. The third kappa shape index (κ3) is 2.40. The van der Waals surface area contributed by atoms with E-state index in [1.165, 1.54) is 30.4 Å². The molecule has 1 heteroatoms. The topological polar surface area (TPSA) is 12.0 Å². The highest BCUT2D eigenvalue weighted by Gasteiger charge is 2.36. The molecule has 1 saturated carbocycles. The SMILES string of the molecule is CCNC1CCC(C)(c2cccc(C)c2C)C1. The molecule has 2 atom stereocenters. The maximum Gasteiger partial charge on any atom is 0.00756 e. The highest BCUT2D eigenvalue weighted by molar-refractivity contribution is 5.39. The van der Waals surface area contributed by atoms with Crippen molar-refractivity contribution in [3.63, 3.8) is 0 Å². The Balaban J connectivity index is 2.25. The zero-order valence-electron chi connectivity index (χ0n) is 11.6. The maximum atomic E-state index is 3.60. The fourth-order valence-corrected chi connectivity index (χ4v) is 3.35. The van der Waals surface area contributed by atoms with E-state index >= 15 is 0 Å². The highest BCUT2D eigenvalue weighted by atomic mass is 14.9. The van der Waals surface area contributed by atoms with Gasteiger partial charge in [0.2, 0.25) is 0 Å². The summed E-state index contributed by atoms with van der Waals surface area (Å²) >= 11 is 0. The lowest BCUT2D eigenvalue weighted by molar-refractivity contribution is 0.455. The van der Waals surface area contributed by atoms with Crippen molar-refractivity contribution < 1.29 is 0 Å². The Labute approximate surface area is 106 Å². The van der Waals surface area contributed by atoms with Crippen LogP contribution in [0.2, 0.25) is 0 Å². The van der Waals surface area contributed by atoms with Crippen molar-refractivity contribution in [2.45, 2.75) is 58.4 Å². The summed E-state index contributed by atoms with van der Waals surface area (Å²) in [6.07, 6.45) is 3.91. The minimum atomic E-state index is 0.378. The minimum Gasteiger partial charge on any atom is -0.314 e. The first-order valence-electron chi connectivity index (χ1n) is 6.87. The van der Waals surface area contributed by atoms with E-state index in [1.54, 1.807) is 5.56 Å². The van der Waals surface area contributed by atoms with Crippen molar-refractivity contribution in [2.24, 2.45) is 0 Å². The highest BCUT2D eigenvalue weighted by Crippen LogP contribution is 2.42. The molecule has 0 heterocycles. The van der Waals surface area contributed by atoms with Crippen molar-refractivity contribution in [1.82, 2.24) is 5.32 Å². The lowest BCUT2D eigenvalue weighted by atomic mass is 9.77. The molecular weight excluding hydrogens is 206 g/mol. The van der Waals surface area contributed by atoms with E-state index in [1.807, 2.05) is 0 Å². The molecule has 0 saturated heterocycles. The summed E-state index contributed by atoms with van der Waals surface area (Å²) in [4.78, 5) is 0. The van der Waals surface area contributed by atoms with Crippen LogP contribution in [0.5, 0.6) is 0 Å². The molecule has 94 valence electrons. The summed E-state index contributed by atoms with van der Waals surface area (Å²) in [5.41, 5.74) is 4.86. The van der Waals surface area contributed by atoms with Gasteiger partial charge in [0, 0.05) is 6.04 Å². The van der Waals surface area contributed by atoms with Gasteiger partial charge in [0.1, 0.15) is 0 Å². The molecule has 2 unspecified atom stereocenters. The summed E-state index contributed by atoms with van der Waals surface area (Å²) in [5, 5.41) is 3.60. The summed E-state index contributed by atoms with van der Waals surface area (Å²) in [5.74, 6) is 0. The number of hydrogen-bond donors (Lipinski definition) is 1. The molecule has 1 aromatic rings. The average molecular weight is 231 g/mol. The zero-order chi connectivity index (χ0) is 12.5. The van der Waals surface area contributed by atoms with E-state index in [-0.39, 0.29) is 0 Å². The van der Waals surface area contributed by atoms with Gasteiger partial charge in [0.15, 0.2) is 0 Å². The molecule has 0 spiro atoms. The van der Waals surface area contributed by atoms with Crippen LogP contribution in [0.25, 0.3) is 0 Å². The Bertz CT molecular complexity index is 397. The molecule has 1 fully saturated rings. The number of aryl methyl sites for hydroxylation is 1. The van der Waals surface area contributed by atoms with Gasteiger partial charge in [0.05, 0.1) is 0 Å². The van der Waals surface area contributed by atoms with Crippen LogP contribution < -0.4 is 5.32 Å². The van der Waals surface area contributed by atoms with Crippen molar-refractivity contribution >= 4 is 0 Å². The molecule has 2 rings (SSSR count). The second-order valence-corrected chi connectivity index (χ2v) is 5.81. The van der Waals surface area contributed by atoms with Crippen molar-refractivity contribution in [1.29, 1.82) is 0 Å². The van der Waals surface area contributed by atoms with Gasteiger partial charge in [-0.05, 0) is 61.8 Å². The molecule has 1 nitrogen and oxygen atoms in total. The fraction of sp³-hybridized carbons (Fsp3) is 0.625. The van der Waals surface area contributed by atoms with Gasteiger partial charge in [-0.15, -0.1) is 0 Å². The van der Waals surface area contributed by atoms with Crippen molar-refractivity contribution in [3.8, 4) is 0 Å². The summed E-state index contributed by atoms with van der Waals surface area (Å²) in [6.45, 7) is 10.2. The van der Waals surface area contributed by atoms with E-state index in [0.29, 0.717) is 11.5 Å². The Morgan fingerprint density at radius 3 is 2.82 bits per heavy atom. The molecular formula is C16H25N. The minimum absolute atomic E-state index is 0.378. The first-order chi connectivity index (χ1) is 8.07. The predicted molar refractivity (Wildman–Crippen MR) is 74.6 cm³/mol. The smallest absolute Gasteiger partial charge is 0.00756 e. The first kappa shape index (κ1) is 12.6. The number of rotatable bonds is 3. The van der Waals surface area contributed by atoms with Gasteiger partial charge in [-0.1, -0.05) is 32.0 Å². The van der Waals surface area contributed by atoms with Gasteiger partial charge in [-0.3, -0.25) is 0 Å². The van der Waals surface area contributed by atoms with Gasteiger partial charge in [-0.25, -0.2) is 0 Å². The molecule has 0 aliphatic heterocycles.